The fourth-order valence-electron chi connectivity index (χ4n) is 1.53. The molecule has 6 nitrogen and oxygen atoms in total. The van der Waals surface area contributed by atoms with Crippen molar-refractivity contribution in [2.45, 2.75) is 0 Å². The third-order valence-corrected chi connectivity index (χ3v) is 3.52. The molecule has 0 unspecified atom stereocenters. The van der Waals surface area contributed by atoms with Crippen molar-refractivity contribution in [3.63, 3.8) is 0 Å². The van der Waals surface area contributed by atoms with Gasteiger partial charge in [0.2, 0.25) is 5.91 Å². The molecule has 1 fully saturated rings. The minimum absolute atomic E-state index is 0.0612. The average Bonchev–Trinajstić information content (AvgIpc) is 2.81. The summed E-state index contributed by atoms with van der Waals surface area (Å²) in [7, 11) is 3.10. The summed E-state index contributed by atoms with van der Waals surface area (Å²) in [5.41, 5.74) is 0.291. The van der Waals surface area contributed by atoms with Crippen LogP contribution >= 0.6 is 11.3 Å². The van der Waals surface area contributed by atoms with E-state index in [2.05, 4.69) is 9.72 Å². The van der Waals surface area contributed by atoms with Gasteiger partial charge >= 0.3 is 5.97 Å². The molecule has 0 N–H and O–H groups in total. The first kappa shape index (κ1) is 11.8. The zero-order valence-electron chi connectivity index (χ0n) is 9.67. The molecular formula is C10H13N3O3S. The van der Waals surface area contributed by atoms with Crippen LogP contribution in [0.1, 0.15) is 10.5 Å². The zero-order chi connectivity index (χ0) is 12.4. The molecule has 1 aliphatic heterocycles. The molecule has 2 heterocycles. The van der Waals surface area contributed by atoms with Crippen molar-refractivity contribution < 1.29 is 14.3 Å². The third-order valence-electron chi connectivity index (χ3n) is 2.61. The Hall–Kier alpha value is -1.63. The highest BCUT2D eigenvalue weighted by Gasteiger charge is 2.23. The van der Waals surface area contributed by atoms with Gasteiger partial charge in [0.1, 0.15) is 0 Å². The van der Waals surface area contributed by atoms with Crippen LogP contribution in [-0.2, 0) is 9.53 Å². The van der Waals surface area contributed by atoms with Crippen LogP contribution in [0.2, 0.25) is 0 Å². The number of aromatic nitrogens is 1. The summed E-state index contributed by atoms with van der Waals surface area (Å²) in [4.78, 5) is 30.5. The number of thiazole rings is 1. The number of hydrogen-bond acceptors (Lipinski definition) is 6. The number of nitrogens with zero attached hydrogens (tertiary/aromatic N) is 3. The van der Waals surface area contributed by atoms with E-state index >= 15 is 0 Å². The molecule has 17 heavy (non-hydrogen) atoms. The van der Waals surface area contributed by atoms with Crippen molar-refractivity contribution in [2.24, 2.45) is 0 Å². The Morgan fingerprint density at radius 2 is 2.29 bits per heavy atom. The molecule has 0 saturated carbocycles. The van der Waals surface area contributed by atoms with E-state index in [1.807, 2.05) is 4.90 Å². The van der Waals surface area contributed by atoms with Crippen LogP contribution in [0, 0.1) is 0 Å². The van der Waals surface area contributed by atoms with Gasteiger partial charge in [-0.1, -0.05) is 0 Å². The van der Waals surface area contributed by atoms with Gasteiger partial charge in [0.05, 0.1) is 13.7 Å². The Balaban J connectivity index is 2.10. The highest BCUT2D eigenvalue weighted by atomic mass is 32.1. The number of piperazine rings is 1. The Morgan fingerprint density at radius 1 is 1.53 bits per heavy atom. The number of methoxy groups -OCH3 is 1. The van der Waals surface area contributed by atoms with Crippen LogP contribution in [0.15, 0.2) is 5.38 Å². The number of likely N-dealkylation sites (N-methyl/N-ethyl adjacent to an activating group) is 1. The van der Waals surface area contributed by atoms with Crippen LogP contribution in [-0.4, -0.2) is 55.6 Å². The monoisotopic (exact) mass is 255 g/mol. The van der Waals surface area contributed by atoms with Gasteiger partial charge in [0.15, 0.2) is 10.8 Å². The van der Waals surface area contributed by atoms with Crippen molar-refractivity contribution in [1.29, 1.82) is 0 Å². The molecule has 0 bridgehead atoms. The molecular weight excluding hydrogens is 242 g/mol. The molecule has 1 amide bonds. The lowest BCUT2D eigenvalue weighted by molar-refractivity contribution is -0.129. The molecule has 7 heteroatoms. The maximum absolute atomic E-state index is 11.5. The average molecular weight is 255 g/mol. The molecule has 92 valence electrons. The molecule has 0 aliphatic carbocycles. The number of carbonyl (C=O) groups is 2. The first-order chi connectivity index (χ1) is 8.11. The molecule has 0 radical (unpaired) electrons. The number of rotatable bonds is 2. The first-order valence-electron chi connectivity index (χ1n) is 5.14. The van der Waals surface area contributed by atoms with E-state index in [4.69, 9.17) is 0 Å². The number of esters is 1. The topological polar surface area (TPSA) is 62.7 Å². The van der Waals surface area contributed by atoms with Gasteiger partial charge in [-0.05, 0) is 0 Å². The SMILES string of the molecule is COC(=O)c1csc(N2CCN(C)C(=O)C2)n1. The van der Waals surface area contributed by atoms with Gasteiger partial charge < -0.3 is 14.5 Å². The minimum atomic E-state index is -0.451. The van der Waals surface area contributed by atoms with Crippen LogP contribution in [0.3, 0.4) is 0 Å². The van der Waals surface area contributed by atoms with E-state index in [0.717, 1.165) is 6.54 Å². The van der Waals surface area contributed by atoms with Crippen molar-refractivity contribution in [2.75, 3.05) is 38.7 Å². The summed E-state index contributed by atoms with van der Waals surface area (Å²) in [5, 5.41) is 2.33. The number of hydrogen-bond donors (Lipinski definition) is 0. The van der Waals surface area contributed by atoms with E-state index in [9.17, 15) is 9.59 Å². The molecule has 0 atom stereocenters. The fourth-order valence-corrected chi connectivity index (χ4v) is 2.35. The lowest BCUT2D eigenvalue weighted by atomic mass is 10.3. The minimum Gasteiger partial charge on any atom is -0.464 e. The number of anilines is 1. The second kappa shape index (κ2) is 4.70. The summed E-state index contributed by atoms with van der Waals surface area (Å²) in [6.07, 6.45) is 0. The van der Waals surface area contributed by atoms with Gasteiger partial charge in [-0.3, -0.25) is 4.79 Å². The molecule has 1 saturated heterocycles. The summed E-state index contributed by atoms with van der Waals surface area (Å²) in [5.74, 6) is -0.390. The van der Waals surface area contributed by atoms with Gasteiger partial charge in [-0.2, -0.15) is 0 Å². The Labute approximate surface area is 103 Å². The molecule has 1 aromatic rings. The Morgan fingerprint density at radius 3 is 2.94 bits per heavy atom. The molecule has 0 aromatic carbocycles. The molecule has 1 aromatic heterocycles. The third kappa shape index (κ3) is 2.38. The number of amides is 1. The summed E-state index contributed by atoms with van der Waals surface area (Å²) < 4.78 is 4.59. The molecule has 2 rings (SSSR count). The molecule has 1 aliphatic rings. The van der Waals surface area contributed by atoms with Crippen molar-refractivity contribution in [1.82, 2.24) is 9.88 Å². The van der Waals surface area contributed by atoms with Crippen LogP contribution in [0.25, 0.3) is 0 Å². The highest BCUT2D eigenvalue weighted by molar-refractivity contribution is 7.13. The predicted octanol–water partition coefficient (Wildman–Crippen LogP) is 0.208. The summed E-state index contributed by atoms with van der Waals surface area (Å²) in [6, 6.07) is 0. The fraction of sp³-hybridized carbons (Fsp3) is 0.500. The standard InChI is InChI=1S/C10H13N3O3S/c1-12-3-4-13(5-8(12)14)10-11-7(6-17-10)9(15)16-2/h6H,3-5H2,1-2H3. The van der Waals surface area contributed by atoms with Gasteiger partial charge in [0.25, 0.3) is 0 Å². The molecule has 0 spiro atoms. The number of ether oxygens (including phenoxy) is 1. The largest absolute Gasteiger partial charge is 0.464 e. The summed E-state index contributed by atoms with van der Waals surface area (Å²) in [6.45, 7) is 1.72. The highest BCUT2D eigenvalue weighted by Crippen LogP contribution is 2.22. The second-order valence-corrected chi connectivity index (χ2v) is 4.58. The van der Waals surface area contributed by atoms with Crippen LogP contribution in [0.4, 0.5) is 5.13 Å². The smallest absolute Gasteiger partial charge is 0.357 e. The van der Waals surface area contributed by atoms with E-state index in [1.54, 1.807) is 17.3 Å². The maximum Gasteiger partial charge on any atom is 0.357 e. The second-order valence-electron chi connectivity index (χ2n) is 3.74. The van der Waals surface area contributed by atoms with Crippen molar-refractivity contribution in [3.05, 3.63) is 11.1 Å². The van der Waals surface area contributed by atoms with Gasteiger partial charge in [0, 0.05) is 25.5 Å². The van der Waals surface area contributed by atoms with E-state index in [1.165, 1.54) is 18.4 Å². The summed E-state index contributed by atoms with van der Waals surface area (Å²) >= 11 is 1.35. The van der Waals surface area contributed by atoms with Gasteiger partial charge in [-0.25, -0.2) is 9.78 Å². The Kier molecular flexibility index (Phi) is 3.28. The van der Waals surface area contributed by atoms with Crippen molar-refractivity contribution >= 4 is 28.3 Å². The van der Waals surface area contributed by atoms with Gasteiger partial charge in [-0.15, -0.1) is 11.3 Å². The Bertz CT molecular complexity index is 446. The van der Waals surface area contributed by atoms with Crippen LogP contribution < -0.4 is 4.90 Å². The van der Waals surface area contributed by atoms with E-state index < -0.39 is 5.97 Å². The number of carbonyl (C=O) groups excluding carboxylic acids is 2. The quantitative estimate of drug-likeness (QED) is 0.707. The van der Waals surface area contributed by atoms with Crippen molar-refractivity contribution in [3.8, 4) is 0 Å². The van der Waals surface area contributed by atoms with E-state index in [-0.39, 0.29) is 5.91 Å². The maximum atomic E-state index is 11.5. The predicted molar refractivity (Wildman–Crippen MR) is 63.3 cm³/mol. The lowest BCUT2D eigenvalue weighted by Crippen LogP contribution is -2.48. The first-order valence-corrected chi connectivity index (χ1v) is 6.02. The van der Waals surface area contributed by atoms with Crippen LogP contribution in [0.5, 0.6) is 0 Å². The lowest BCUT2D eigenvalue weighted by Gasteiger charge is -2.31. The van der Waals surface area contributed by atoms with E-state index in [0.29, 0.717) is 23.9 Å². The zero-order valence-corrected chi connectivity index (χ0v) is 10.5. The normalized spacial score (nSPS) is 16.2.